The summed E-state index contributed by atoms with van der Waals surface area (Å²) in [5.74, 6) is 0.940. The molecule has 0 spiro atoms. The van der Waals surface area contributed by atoms with Crippen molar-refractivity contribution in [3.8, 4) is 0 Å². The highest BCUT2D eigenvalue weighted by Crippen LogP contribution is 2.28. The van der Waals surface area contributed by atoms with Gasteiger partial charge in [-0.3, -0.25) is 4.40 Å². The van der Waals surface area contributed by atoms with Crippen LogP contribution in [0.25, 0.3) is 27.6 Å². The maximum Gasteiger partial charge on any atom is 0.236 e. The lowest BCUT2D eigenvalue weighted by molar-refractivity contribution is 0.566. The van der Waals surface area contributed by atoms with Gasteiger partial charge in [0, 0.05) is 11.9 Å². The van der Waals surface area contributed by atoms with Crippen LogP contribution in [-0.2, 0) is 6.54 Å². The summed E-state index contributed by atoms with van der Waals surface area (Å²) < 4.78 is 4.45. The van der Waals surface area contributed by atoms with Crippen molar-refractivity contribution in [3.63, 3.8) is 0 Å². The Morgan fingerprint density at radius 1 is 0.875 bits per heavy atom. The summed E-state index contributed by atoms with van der Waals surface area (Å²) in [5.41, 5.74) is 2.44. The average Bonchev–Trinajstić information content (AvgIpc) is 3.10. The molecule has 4 heteroatoms. The van der Waals surface area contributed by atoms with E-state index in [0.29, 0.717) is 0 Å². The molecule has 0 aliphatic carbocycles. The average molecular weight is 320 g/mol. The standard InChI is InChI=1S/C20H24N4/c1-2-3-4-5-6-7-14-23-17-12-8-10-16-11-9-13-18(19(16)17)24-15-21-22-20(23)24/h8-13,15H,2-7,14H2,1H3. The molecule has 0 bridgehead atoms. The molecule has 0 saturated heterocycles. The summed E-state index contributed by atoms with van der Waals surface area (Å²) in [7, 11) is 0. The van der Waals surface area contributed by atoms with E-state index in [-0.39, 0.29) is 0 Å². The molecular weight excluding hydrogens is 296 g/mol. The van der Waals surface area contributed by atoms with E-state index < -0.39 is 0 Å². The zero-order valence-electron chi connectivity index (χ0n) is 14.3. The molecule has 0 N–H and O–H groups in total. The molecule has 0 saturated carbocycles. The van der Waals surface area contributed by atoms with Crippen LogP contribution in [-0.4, -0.2) is 19.2 Å². The SMILES string of the molecule is CCCCCCCCn1c2cccc3cccc(c32)n2cnnc12. The molecule has 4 rings (SSSR count). The predicted molar refractivity (Wildman–Crippen MR) is 99.4 cm³/mol. The second-order valence-electron chi connectivity index (χ2n) is 6.57. The van der Waals surface area contributed by atoms with Crippen molar-refractivity contribution in [2.75, 3.05) is 0 Å². The summed E-state index contributed by atoms with van der Waals surface area (Å²) in [6, 6.07) is 13.0. The molecule has 0 unspecified atom stereocenters. The largest absolute Gasteiger partial charge is 0.310 e. The molecule has 2 heterocycles. The van der Waals surface area contributed by atoms with Gasteiger partial charge >= 0.3 is 0 Å². The van der Waals surface area contributed by atoms with Crippen molar-refractivity contribution in [1.29, 1.82) is 0 Å². The van der Waals surface area contributed by atoms with E-state index in [2.05, 4.69) is 62.5 Å². The van der Waals surface area contributed by atoms with E-state index >= 15 is 0 Å². The quantitative estimate of drug-likeness (QED) is 0.439. The van der Waals surface area contributed by atoms with E-state index in [9.17, 15) is 0 Å². The Balaban J connectivity index is 1.73. The molecule has 0 fully saturated rings. The first-order chi connectivity index (χ1) is 11.9. The highest BCUT2D eigenvalue weighted by Gasteiger charge is 2.12. The number of rotatable bonds is 7. The molecule has 2 aromatic carbocycles. The molecule has 124 valence electrons. The highest BCUT2D eigenvalue weighted by atomic mass is 15.3. The highest BCUT2D eigenvalue weighted by molar-refractivity contribution is 6.08. The van der Waals surface area contributed by atoms with Crippen LogP contribution in [0.3, 0.4) is 0 Å². The van der Waals surface area contributed by atoms with Crippen molar-refractivity contribution in [3.05, 3.63) is 42.7 Å². The van der Waals surface area contributed by atoms with Gasteiger partial charge in [-0.15, -0.1) is 10.2 Å². The Labute approximate surface area is 142 Å². The van der Waals surface area contributed by atoms with E-state index in [0.717, 1.165) is 12.3 Å². The van der Waals surface area contributed by atoms with Gasteiger partial charge in [0.05, 0.1) is 11.0 Å². The fourth-order valence-electron chi connectivity index (χ4n) is 3.69. The molecule has 4 aromatic rings. The fraction of sp³-hybridized carbons (Fsp3) is 0.400. The molecular formula is C20H24N4. The summed E-state index contributed by atoms with van der Waals surface area (Å²) in [4.78, 5) is 0. The summed E-state index contributed by atoms with van der Waals surface area (Å²) in [6.07, 6.45) is 9.63. The van der Waals surface area contributed by atoms with Gasteiger partial charge < -0.3 is 4.57 Å². The zero-order chi connectivity index (χ0) is 16.4. The van der Waals surface area contributed by atoms with Crippen LogP contribution in [0.5, 0.6) is 0 Å². The number of benzene rings is 2. The number of hydrogen-bond acceptors (Lipinski definition) is 2. The van der Waals surface area contributed by atoms with Crippen molar-refractivity contribution >= 4 is 27.6 Å². The molecule has 0 amide bonds. The normalized spacial score (nSPS) is 11.9. The summed E-state index contributed by atoms with van der Waals surface area (Å²) in [5, 5.41) is 11.1. The van der Waals surface area contributed by atoms with E-state index in [1.165, 1.54) is 60.3 Å². The van der Waals surface area contributed by atoms with Gasteiger partial charge in [0.1, 0.15) is 6.33 Å². The molecule has 0 aliphatic rings. The van der Waals surface area contributed by atoms with E-state index in [1.807, 2.05) is 6.33 Å². The zero-order valence-corrected chi connectivity index (χ0v) is 14.3. The summed E-state index contributed by atoms with van der Waals surface area (Å²) >= 11 is 0. The van der Waals surface area contributed by atoms with Gasteiger partial charge in [-0.1, -0.05) is 63.3 Å². The van der Waals surface area contributed by atoms with Crippen molar-refractivity contribution in [2.45, 2.75) is 52.0 Å². The van der Waals surface area contributed by atoms with Crippen molar-refractivity contribution in [1.82, 2.24) is 19.2 Å². The lowest BCUT2D eigenvalue weighted by atomic mass is 10.1. The number of hydrogen-bond donors (Lipinski definition) is 0. The Morgan fingerprint density at radius 2 is 1.62 bits per heavy atom. The van der Waals surface area contributed by atoms with Gasteiger partial charge in [0.25, 0.3) is 0 Å². The number of aromatic nitrogens is 4. The minimum atomic E-state index is 0.940. The molecule has 0 aliphatic heterocycles. The van der Waals surface area contributed by atoms with Gasteiger partial charge in [-0.25, -0.2) is 0 Å². The number of aryl methyl sites for hydroxylation is 1. The van der Waals surface area contributed by atoms with E-state index in [1.54, 1.807) is 0 Å². The molecule has 2 aromatic heterocycles. The van der Waals surface area contributed by atoms with Crippen LogP contribution in [0.4, 0.5) is 0 Å². The predicted octanol–water partition coefficient (Wildman–Crippen LogP) is 5.20. The first kappa shape index (κ1) is 15.2. The number of fused-ring (bicyclic) bond motifs is 2. The van der Waals surface area contributed by atoms with E-state index in [4.69, 9.17) is 0 Å². The smallest absolute Gasteiger partial charge is 0.236 e. The first-order valence-electron chi connectivity index (χ1n) is 9.10. The fourth-order valence-corrected chi connectivity index (χ4v) is 3.69. The Kier molecular flexibility index (Phi) is 4.20. The van der Waals surface area contributed by atoms with Gasteiger partial charge in [-0.05, 0) is 23.9 Å². The second kappa shape index (κ2) is 6.63. The van der Waals surface area contributed by atoms with Crippen LogP contribution in [0.2, 0.25) is 0 Å². The third kappa shape index (κ3) is 2.56. The second-order valence-corrected chi connectivity index (χ2v) is 6.57. The van der Waals surface area contributed by atoms with Crippen LogP contribution in [0, 0.1) is 0 Å². The Hall–Kier alpha value is -2.36. The monoisotopic (exact) mass is 320 g/mol. The van der Waals surface area contributed by atoms with Crippen LogP contribution < -0.4 is 0 Å². The molecule has 24 heavy (non-hydrogen) atoms. The van der Waals surface area contributed by atoms with Crippen LogP contribution >= 0.6 is 0 Å². The van der Waals surface area contributed by atoms with Gasteiger partial charge in [0.15, 0.2) is 0 Å². The molecule has 0 atom stereocenters. The summed E-state index contributed by atoms with van der Waals surface area (Å²) in [6.45, 7) is 3.26. The maximum absolute atomic E-state index is 4.39. The van der Waals surface area contributed by atoms with Crippen molar-refractivity contribution in [2.24, 2.45) is 0 Å². The van der Waals surface area contributed by atoms with Gasteiger partial charge in [0.2, 0.25) is 5.78 Å². The third-order valence-electron chi connectivity index (χ3n) is 4.92. The van der Waals surface area contributed by atoms with Crippen LogP contribution in [0.1, 0.15) is 45.4 Å². The molecule has 0 radical (unpaired) electrons. The minimum absolute atomic E-state index is 0.940. The van der Waals surface area contributed by atoms with Crippen molar-refractivity contribution < 1.29 is 0 Å². The lowest BCUT2D eigenvalue weighted by Crippen LogP contribution is -2.07. The lowest BCUT2D eigenvalue weighted by Gasteiger charge is -2.16. The van der Waals surface area contributed by atoms with Gasteiger partial charge in [-0.2, -0.15) is 0 Å². The minimum Gasteiger partial charge on any atom is -0.310 e. The Morgan fingerprint density at radius 3 is 2.46 bits per heavy atom. The maximum atomic E-state index is 4.39. The van der Waals surface area contributed by atoms with Crippen LogP contribution in [0.15, 0.2) is 42.7 Å². The molecule has 4 nitrogen and oxygen atoms in total. The number of unbranched alkanes of at least 4 members (excludes halogenated alkanes) is 5. The third-order valence-corrected chi connectivity index (χ3v) is 4.92. The number of nitrogens with zero attached hydrogens (tertiary/aromatic N) is 4. The Bertz CT molecular complexity index is 958. The topological polar surface area (TPSA) is 35.1 Å². The first-order valence-corrected chi connectivity index (χ1v) is 9.10.